The van der Waals surface area contributed by atoms with Crippen LogP contribution in [0.5, 0.6) is 0 Å². The summed E-state index contributed by atoms with van der Waals surface area (Å²) in [4.78, 5) is 13.1. The highest BCUT2D eigenvalue weighted by Crippen LogP contribution is 2.32. The van der Waals surface area contributed by atoms with Crippen LogP contribution >= 0.6 is 0 Å². The minimum Gasteiger partial charge on any atom is -0.368 e. The Labute approximate surface area is 112 Å². The molecule has 1 aliphatic carbocycles. The lowest BCUT2D eigenvalue weighted by Crippen LogP contribution is -2.41. The molecule has 0 radical (unpaired) electrons. The number of benzene rings is 1. The molecular weight excluding hydrogens is 245 g/mol. The number of para-hydroxylation sites is 1. The molecule has 5 heteroatoms. The van der Waals surface area contributed by atoms with E-state index in [-0.39, 0.29) is 24.9 Å². The zero-order chi connectivity index (χ0) is 13.8. The molecule has 4 N–H and O–H groups in total. The Morgan fingerprint density at radius 1 is 1.37 bits per heavy atom. The monoisotopic (exact) mass is 265 g/mol. The fraction of sp³-hybridized carbons (Fsp3) is 0.500. The lowest BCUT2D eigenvalue weighted by Gasteiger charge is -2.32. The molecule has 1 aliphatic rings. The fourth-order valence-electron chi connectivity index (χ4n) is 2.82. The Hall–Kier alpha value is -1.62. The number of primary amides is 1. The summed E-state index contributed by atoms with van der Waals surface area (Å²) in [6.07, 6.45) is 4.13. The van der Waals surface area contributed by atoms with E-state index in [0.717, 1.165) is 25.7 Å². The standard InChI is InChI=1S/C14H20FN3O/c15-12-7-3-4-10(8-16)14(12)18(9-13(17)19)11-5-1-2-6-11/h3-4,7,11H,1-2,5-6,8-9,16H2,(H2,17,19). The predicted molar refractivity (Wildman–Crippen MR) is 73.1 cm³/mol. The van der Waals surface area contributed by atoms with Gasteiger partial charge in [-0.05, 0) is 24.5 Å². The van der Waals surface area contributed by atoms with Crippen molar-refractivity contribution < 1.29 is 9.18 Å². The van der Waals surface area contributed by atoms with Crippen molar-refractivity contribution in [3.63, 3.8) is 0 Å². The largest absolute Gasteiger partial charge is 0.368 e. The van der Waals surface area contributed by atoms with Crippen LogP contribution in [0.25, 0.3) is 0 Å². The Bertz CT molecular complexity index is 458. The van der Waals surface area contributed by atoms with Gasteiger partial charge in [-0.15, -0.1) is 0 Å². The third-order valence-corrected chi connectivity index (χ3v) is 3.67. The molecule has 1 aromatic rings. The Morgan fingerprint density at radius 2 is 2.05 bits per heavy atom. The zero-order valence-electron chi connectivity index (χ0n) is 10.9. The molecule has 0 saturated heterocycles. The molecule has 0 atom stereocenters. The van der Waals surface area contributed by atoms with Crippen LogP contribution in [0.15, 0.2) is 18.2 Å². The van der Waals surface area contributed by atoms with Crippen LogP contribution < -0.4 is 16.4 Å². The highest BCUT2D eigenvalue weighted by atomic mass is 19.1. The van der Waals surface area contributed by atoms with Crippen molar-refractivity contribution in [2.75, 3.05) is 11.4 Å². The lowest BCUT2D eigenvalue weighted by atomic mass is 10.1. The molecule has 4 nitrogen and oxygen atoms in total. The molecule has 19 heavy (non-hydrogen) atoms. The van der Waals surface area contributed by atoms with Crippen LogP contribution in [0.1, 0.15) is 31.2 Å². The van der Waals surface area contributed by atoms with Gasteiger partial charge in [-0.25, -0.2) is 4.39 Å². The van der Waals surface area contributed by atoms with Gasteiger partial charge in [0.1, 0.15) is 5.82 Å². The van der Waals surface area contributed by atoms with E-state index >= 15 is 0 Å². The first-order chi connectivity index (χ1) is 9.13. The summed E-state index contributed by atoms with van der Waals surface area (Å²) < 4.78 is 14.1. The third kappa shape index (κ3) is 3.04. The minimum absolute atomic E-state index is 0.0403. The summed E-state index contributed by atoms with van der Waals surface area (Å²) in [5, 5.41) is 0. The highest BCUT2D eigenvalue weighted by molar-refractivity contribution is 5.80. The van der Waals surface area contributed by atoms with E-state index in [1.54, 1.807) is 17.0 Å². The van der Waals surface area contributed by atoms with E-state index in [0.29, 0.717) is 11.3 Å². The van der Waals surface area contributed by atoms with Crippen molar-refractivity contribution in [1.82, 2.24) is 0 Å². The average molecular weight is 265 g/mol. The molecule has 0 spiro atoms. The molecule has 0 bridgehead atoms. The van der Waals surface area contributed by atoms with Gasteiger partial charge in [-0.3, -0.25) is 4.79 Å². The summed E-state index contributed by atoms with van der Waals surface area (Å²) in [7, 11) is 0. The number of carbonyl (C=O) groups is 1. The van der Waals surface area contributed by atoms with Gasteiger partial charge in [-0.1, -0.05) is 25.0 Å². The molecule has 0 heterocycles. The smallest absolute Gasteiger partial charge is 0.236 e. The number of hydrogen-bond acceptors (Lipinski definition) is 3. The number of halogens is 1. The van der Waals surface area contributed by atoms with Crippen LogP contribution in [0.4, 0.5) is 10.1 Å². The number of hydrogen-bond donors (Lipinski definition) is 2. The van der Waals surface area contributed by atoms with E-state index in [4.69, 9.17) is 11.5 Å². The van der Waals surface area contributed by atoms with Crippen molar-refractivity contribution >= 4 is 11.6 Å². The third-order valence-electron chi connectivity index (χ3n) is 3.67. The molecule has 0 unspecified atom stereocenters. The van der Waals surface area contributed by atoms with Crippen molar-refractivity contribution in [2.24, 2.45) is 11.5 Å². The first-order valence-electron chi connectivity index (χ1n) is 6.66. The number of rotatable bonds is 5. The second-order valence-electron chi connectivity index (χ2n) is 4.98. The number of nitrogens with zero attached hydrogens (tertiary/aromatic N) is 1. The van der Waals surface area contributed by atoms with Gasteiger partial charge in [-0.2, -0.15) is 0 Å². The molecule has 1 saturated carbocycles. The van der Waals surface area contributed by atoms with Crippen LogP contribution in [0.2, 0.25) is 0 Å². The topological polar surface area (TPSA) is 72.3 Å². The molecule has 104 valence electrons. The second-order valence-corrected chi connectivity index (χ2v) is 4.98. The highest BCUT2D eigenvalue weighted by Gasteiger charge is 2.27. The quantitative estimate of drug-likeness (QED) is 0.847. The molecule has 0 aromatic heterocycles. The maximum atomic E-state index is 14.1. The van der Waals surface area contributed by atoms with Crippen molar-refractivity contribution in [2.45, 2.75) is 38.3 Å². The average Bonchev–Trinajstić information content (AvgIpc) is 2.89. The van der Waals surface area contributed by atoms with Crippen molar-refractivity contribution in [3.8, 4) is 0 Å². The van der Waals surface area contributed by atoms with E-state index in [1.807, 2.05) is 0 Å². The van der Waals surface area contributed by atoms with Crippen LogP contribution in [0, 0.1) is 5.82 Å². The SMILES string of the molecule is NCc1cccc(F)c1N(CC(N)=O)C1CCCC1. The van der Waals surface area contributed by atoms with E-state index in [9.17, 15) is 9.18 Å². The summed E-state index contributed by atoms with van der Waals surface area (Å²) >= 11 is 0. The lowest BCUT2D eigenvalue weighted by molar-refractivity contribution is -0.116. The molecule has 1 fully saturated rings. The number of carbonyl (C=O) groups excluding carboxylic acids is 1. The first-order valence-corrected chi connectivity index (χ1v) is 6.66. The summed E-state index contributed by atoms with van der Waals surface area (Å²) in [5.41, 5.74) is 12.1. The van der Waals surface area contributed by atoms with Crippen LogP contribution in [-0.4, -0.2) is 18.5 Å². The number of amides is 1. The Morgan fingerprint density at radius 3 is 2.63 bits per heavy atom. The van der Waals surface area contributed by atoms with E-state index in [2.05, 4.69) is 0 Å². The van der Waals surface area contributed by atoms with Gasteiger partial charge in [0.2, 0.25) is 5.91 Å². The van der Waals surface area contributed by atoms with E-state index < -0.39 is 5.91 Å². The fourth-order valence-corrected chi connectivity index (χ4v) is 2.82. The molecule has 1 aromatic carbocycles. The van der Waals surface area contributed by atoms with Crippen molar-refractivity contribution in [1.29, 1.82) is 0 Å². The molecular formula is C14H20FN3O. The maximum Gasteiger partial charge on any atom is 0.236 e. The summed E-state index contributed by atoms with van der Waals surface area (Å²) in [5.74, 6) is -0.783. The number of nitrogens with two attached hydrogens (primary N) is 2. The van der Waals surface area contributed by atoms with Gasteiger partial charge in [0.25, 0.3) is 0 Å². The van der Waals surface area contributed by atoms with Gasteiger partial charge < -0.3 is 16.4 Å². The predicted octanol–water partition coefficient (Wildman–Crippen LogP) is 1.52. The molecule has 1 amide bonds. The molecule has 2 rings (SSSR count). The Balaban J connectivity index is 2.39. The summed E-state index contributed by atoms with van der Waals surface area (Å²) in [6, 6.07) is 5.01. The van der Waals surface area contributed by atoms with Crippen LogP contribution in [-0.2, 0) is 11.3 Å². The Kier molecular flexibility index (Phi) is 4.37. The first kappa shape index (κ1) is 13.8. The van der Waals surface area contributed by atoms with Gasteiger partial charge in [0.05, 0.1) is 12.2 Å². The molecule has 0 aliphatic heterocycles. The minimum atomic E-state index is -0.446. The zero-order valence-corrected chi connectivity index (χ0v) is 10.9. The van der Waals surface area contributed by atoms with Gasteiger partial charge in [0, 0.05) is 12.6 Å². The van der Waals surface area contributed by atoms with Gasteiger partial charge >= 0.3 is 0 Å². The van der Waals surface area contributed by atoms with Gasteiger partial charge in [0.15, 0.2) is 0 Å². The number of anilines is 1. The van der Waals surface area contributed by atoms with E-state index in [1.165, 1.54) is 6.07 Å². The maximum absolute atomic E-state index is 14.1. The summed E-state index contributed by atoms with van der Waals surface area (Å²) in [6.45, 7) is 0.285. The van der Waals surface area contributed by atoms with Crippen LogP contribution in [0.3, 0.4) is 0 Å². The van der Waals surface area contributed by atoms with Crippen molar-refractivity contribution in [3.05, 3.63) is 29.6 Å². The normalized spacial score (nSPS) is 15.7. The second kappa shape index (κ2) is 6.02.